The largest absolute Gasteiger partial charge is 0.497 e. The maximum absolute atomic E-state index is 5.17. The number of benzene rings is 1. The Morgan fingerprint density at radius 1 is 1.29 bits per heavy atom. The normalized spacial score (nSPS) is 18.6. The zero-order valence-electron chi connectivity index (χ0n) is 15.0. The van der Waals surface area contributed by atoms with Gasteiger partial charge in [-0.05, 0) is 43.0 Å². The molecule has 5 nitrogen and oxygen atoms in total. The van der Waals surface area contributed by atoms with Crippen molar-refractivity contribution in [3.63, 3.8) is 0 Å². The molecule has 0 bridgehead atoms. The maximum atomic E-state index is 5.17. The summed E-state index contributed by atoms with van der Waals surface area (Å²) in [6.07, 6.45) is 2.70. The van der Waals surface area contributed by atoms with Gasteiger partial charge in [-0.2, -0.15) is 0 Å². The Morgan fingerprint density at radius 2 is 2.04 bits per heavy atom. The van der Waals surface area contributed by atoms with Crippen molar-refractivity contribution >= 4 is 29.9 Å². The van der Waals surface area contributed by atoms with Gasteiger partial charge >= 0.3 is 0 Å². The van der Waals surface area contributed by atoms with Crippen LogP contribution in [0.15, 0.2) is 29.3 Å². The van der Waals surface area contributed by atoms with E-state index < -0.39 is 0 Å². The molecule has 1 unspecified atom stereocenters. The monoisotopic (exact) mass is 446 g/mol. The Morgan fingerprint density at radius 3 is 2.67 bits per heavy atom. The molecular formula is C18H31IN4O. The van der Waals surface area contributed by atoms with Gasteiger partial charge in [0.05, 0.1) is 7.11 Å². The van der Waals surface area contributed by atoms with E-state index in [1.54, 1.807) is 7.11 Å². The van der Waals surface area contributed by atoms with E-state index in [0.29, 0.717) is 0 Å². The topological polar surface area (TPSA) is 48.9 Å². The van der Waals surface area contributed by atoms with Crippen molar-refractivity contribution in [1.29, 1.82) is 0 Å². The highest BCUT2D eigenvalue weighted by Crippen LogP contribution is 2.14. The van der Waals surface area contributed by atoms with Gasteiger partial charge in [0.15, 0.2) is 5.96 Å². The Hall–Kier alpha value is -1.02. The summed E-state index contributed by atoms with van der Waals surface area (Å²) in [5.74, 6) is 2.56. The number of aliphatic imine (C=N–C) groups is 1. The van der Waals surface area contributed by atoms with Crippen LogP contribution in [0, 0.1) is 5.92 Å². The Bertz CT molecular complexity index is 492. The molecule has 0 aromatic heterocycles. The molecule has 1 atom stereocenters. The van der Waals surface area contributed by atoms with Crippen LogP contribution in [0.3, 0.4) is 0 Å². The molecule has 0 saturated carbocycles. The van der Waals surface area contributed by atoms with Crippen molar-refractivity contribution in [2.75, 3.05) is 40.3 Å². The molecule has 1 heterocycles. The van der Waals surface area contributed by atoms with E-state index >= 15 is 0 Å². The van der Waals surface area contributed by atoms with E-state index in [1.165, 1.54) is 31.5 Å². The molecule has 1 aromatic rings. The van der Waals surface area contributed by atoms with E-state index in [9.17, 15) is 0 Å². The first kappa shape index (κ1) is 21.0. The number of nitrogens with one attached hydrogen (secondary N) is 2. The van der Waals surface area contributed by atoms with Gasteiger partial charge in [0.2, 0.25) is 0 Å². The van der Waals surface area contributed by atoms with E-state index in [4.69, 9.17) is 4.74 Å². The minimum atomic E-state index is 0. The zero-order valence-corrected chi connectivity index (χ0v) is 17.4. The van der Waals surface area contributed by atoms with Crippen molar-refractivity contribution in [1.82, 2.24) is 15.5 Å². The summed E-state index contributed by atoms with van der Waals surface area (Å²) < 4.78 is 5.17. The minimum Gasteiger partial charge on any atom is -0.497 e. The molecule has 136 valence electrons. The first-order valence-corrected chi connectivity index (χ1v) is 8.51. The highest BCUT2D eigenvalue weighted by Gasteiger charge is 2.15. The predicted molar refractivity (Wildman–Crippen MR) is 111 cm³/mol. The van der Waals surface area contributed by atoms with Crippen LogP contribution in [0.4, 0.5) is 0 Å². The second-order valence-corrected chi connectivity index (χ2v) is 6.25. The molecule has 1 saturated heterocycles. The molecule has 0 amide bonds. The van der Waals surface area contributed by atoms with Crippen LogP contribution in [0.2, 0.25) is 0 Å². The van der Waals surface area contributed by atoms with Gasteiger partial charge in [-0.25, -0.2) is 0 Å². The molecule has 2 rings (SSSR count). The number of likely N-dealkylation sites (tertiary alicyclic amines) is 1. The van der Waals surface area contributed by atoms with Crippen molar-refractivity contribution in [3.05, 3.63) is 29.8 Å². The fourth-order valence-corrected chi connectivity index (χ4v) is 2.97. The average Bonchev–Trinajstić information content (AvgIpc) is 2.58. The zero-order chi connectivity index (χ0) is 16.5. The molecule has 1 aromatic carbocycles. The fourth-order valence-electron chi connectivity index (χ4n) is 2.97. The number of guanidine groups is 1. The molecule has 0 radical (unpaired) electrons. The third-order valence-corrected chi connectivity index (χ3v) is 4.30. The SMILES string of the molecule is CN=C(NCCN1CCCC(C)C1)NCc1ccc(OC)cc1.I. The Balaban J connectivity index is 0.00000288. The summed E-state index contributed by atoms with van der Waals surface area (Å²) in [5.41, 5.74) is 1.21. The van der Waals surface area contributed by atoms with Crippen LogP contribution in [0.25, 0.3) is 0 Å². The van der Waals surface area contributed by atoms with Crippen LogP contribution < -0.4 is 15.4 Å². The van der Waals surface area contributed by atoms with Crippen LogP contribution in [0.1, 0.15) is 25.3 Å². The summed E-state index contributed by atoms with van der Waals surface area (Å²) in [5, 5.41) is 6.75. The molecule has 0 aliphatic carbocycles. The first-order valence-electron chi connectivity index (χ1n) is 8.51. The summed E-state index contributed by atoms with van der Waals surface area (Å²) >= 11 is 0. The molecular weight excluding hydrogens is 415 g/mol. The van der Waals surface area contributed by atoms with Gasteiger partial charge in [0.25, 0.3) is 0 Å². The lowest BCUT2D eigenvalue weighted by molar-refractivity contribution is 0.187. The third kappa shape index (κ3) is 7.25. The number of hydrogen-bond donors (Lipinski definition) is 2. The summed E-state index contributed by atoms with van der Waals surface area (Å²) in [6.45, 7) is 7.55. The van der Waals surface area contributed by atoms with Gasteiger partial charge in [-0.3, -0.25) is 4.99 Å². The van der Waals surface area contributed by atoms with Gasteiger partial charge in [0.1, 0.15) is 5.75 Å². The highest BCUT2D eigenvalue weighted by molar-refractivity contribution is 14.0. The lowest BCUT2D eigenvalue weighted by atomic mass is 10.0. The van der Waals surface area contributed by atoms with Gasteiger partial charge in [-0.1, -0.05) is 19.1 Å². The maximum Gasteiger partial charge on any atom is 0.191 e. The molecule has 24 heavy (non-hydrogen) atoms. The number of methoxy groups -OCH3 is 1. The third-order valence-electron chi connectivity index (χ3n) is 4.30. The number of hydrogen-bond acceptors (Lipinski definition) is 3. The molecule has 2 N–H and O–H groups in total. The summed E-state index contributed by atoms with van der Waals surface area (Å²) in [7, 11) is 3.49. The summed E-state index contributed by atoms with van der Waals surface area (Å²) in [4.78, 5) is 6.83. The molecule has 6 heteroatoms. The molecule has 1 aliphatic rings. The smallest absolute Gasteiger partial charge is 0.191 e. The highest BCUT2D eigenvalue weighted by atomic mass is 127. The Labute approximate surface area is 163 Å². The van der Waals surface area contributed by atoms with Crippen molar-refractivity contribution in [3.8, 4) is 5.75 Å². The van der Waals surface area contributed by atoms with E-state index in [1.807, 2.05) is 19.2 Å². The van der Waals surface area contributed by atoms with E-state index in [-0.39, 0.29) is 24.0 Å². The molecule has 1 aliphatic heterocycles. The van der Waals surface area contributed by atoms with Crippen LogP contribution in [-0.4, -0.2) is 51.2 Å². The van der Waals surface area contributed by atoms with Crippen LogP contribution in [-0.2, 0) is 6.54 Å². The van der Waals surface area contributed by atoms with Crippen molar-refractivity contribution in [2.24, 2.45) is 10.9 Å². The average molecular weight is 446 g/mol. The molecule has 0 spiro atoms. The van der Waals surface area contributed by atoms with Crippen molar-refractivity contribution in [2.45, 2.75) is 26.3 Å². The number of nitrogens with zero attached hydrogens (tertiary/aromatic N) is 2. The van der Waals surface area contributed by atoms with Gasteiger partial charge < -0.3 is 20.3 Å². The lowest BCUT2D eigenvalue weighted by Crippen LogP contribution is -2.43. The van der Waals surface area contributed by atoms with Crippen LogP contribution >= 0.6 is 24.0 Å². The number of halogens is 1. The second kappa shape index (κ2) is 11.5. The van der Waals surface area contributed by atoms with E-state index in [2.05, 4.69) is 39.6 Å². The van der Waals surface area contributed by atoms with Gasteiger partial charge in [-0.15, -0.1) is 24.0 Å². The number of ether oxygens (including phenoxy) is 1. The predicted octanol–water partition coefficient (Wildman–Crippen LogP) is 2.71. The number of rotatable bonds is 6. The second-order valence-electron chi connectivity index (χ2n) is 6.25. The van der Waals surface area contributed by atoms with Gasteiger partial charge in [0, 0.05) is 33.2 Å². The quantitative estimate of drug-likeness (QED) is 0.401. The molecule has 1 fully saturated rings. The number of piperidine rings is 1. The fraction of sp³-hybridized carbons (Fsp3) is 0.611. The van der Waals surface area contributed by atoms with E-state index in [0.717, 1.165) is 37.3 Å². The lowest BCUT2D eigenvalue weighted by Gasteiger charge is -2.30. The standard InChI is InChI=1S/C18H30N4O.HI/c1-15-5-4-11-22(14-15)12-10-20-18(19-2)21-13-16-6-8-17(23-3)9-7-16;/h6-9,15H,4-5,10-14H2,1-3H3,(H2,19,20,21);1H. The first-order chi connectivity index (χ1) is 11.2. The minimum absolute atomic E-state index is 0. The van der Waals surface area contributed by atoms with Crippen LogP contribution in [0.5, 0.6) is 5.75 Å². The summed E-state index contributed by atoms with van der Waals surface area (Å²) in [6, 6.07) is 8.08. The van der Waals surface area contributed by atoms with Crippen molar-refractivity contribution < 1.29 is 4.74 Å². The Kier molecular flexibility index (Phi) is 10.1.